The number of fused-ring (bicyclic) bond motifs is 3. The summed E-state index contributed by atoms with van der Waals surface area (Å²) in [5.74, 6) is -0.336. The summed E-state index contributed by atoms with van der Waals surface area (Å²) >= 11 is 0. The Morgan fingerprint density at radius 2 is 1.71 bits per heavy atom. The highest BCUT2D eigenvalue weighted by Crippen LogP contribution is 2.27. The first-order chi connectivity index (χ1) is 15.1. The van der Waals surface area contributed by atoms with Gasteiger partial charge in [-0.1, -0.05) is 60.2 Å². The smallest absolute Gasteiger partial charge is 0.277 e. The van der Waals surface area contributed by atoms with Crippen LogP contribution in [-0.2, 0) is 19.5 Å². The average molecular weight is 411 g/mol. The minimum Gasteiger partial charge on any atom is -0.330 e. The van der Waals surface area contributed by atoms with Crippen LogP contribution in [0.15, 0.2) is 83.9 Å². The fourth-order valence-electron chi connectivity index (χ4n) is 4.07. The van der Waals surface area contributed by atoms with Crippen LogP contribution in [0, 0.1) is 12.7 Å². The summed E-state index contributed by atoms with van der Waals surface area (Å²) in [5.41, 5.74) is 5.17. The Bertz CT molecular complexity index is 1430. The fraction of sp³-hybridized carbons (Fsp3) is 0.154. The van der Waals surface area contributed by atoms with Crippen molar-refractivity contribution in [1.29, 1.82) is 0 Å². The van der Waals surface area contributed by atoms with E-state index in [9.17, 15) is 9.18 Å². The van der Waals surface area contributed by atoms with E-state index in [0.29, 0.717) is 29.5 Å². The van der Waals surface area contributed by atoms with Gasteiger partial charge in [0.25, 0.3) is 5.56 Å². The number of hydrogen-bond acceptors (Lipinski definition) is 2. The molecule has 2 heterocycles. The Morgan fingerprint density at radius 1 is 0.935 bits per heavy atom. The highest BCUT2D eigenvalue weighted by atomic mass is 19.1. The summed E-state index contributed by atoms with van der Waals surface area (Å²) in [5, 5.41) is 0.662. The largest absolute Gasteiger partial charge is 0.330 e. The first-order valence-electron chi connectivity index (χ1n) is 10.4. The molecule has 0 saturated carbocycles. The maximum absolute atomic E-state index is 14.0. The van der Waals surface area contributed by atoms with Crippen LogP contribution >= 0.6 is 0 Å². The van der Waals surface area contributed by atoms with Gasteiger partial charge in [0.15, 0.2) is 0 Å². The lowest BCUT2D eigenvalue weighted by atomic mass is 10.1. The topological polar surface area (TPSA) is 39.8 Å². The zero-order valence-electron chi connectivity index (χ0n) is 17.3. The second kappa shape index (κ2) is 7.84. The van der Waals surface area contributed by atoms with Crippen LogP contribution in [0.1, 0.15) is 16.7 Å². The lowest BCUT2D eigenvalue weighted by Gasteiger charge is -2.10. The predicted molar refractivity (Wildman–Crippen MR) is 122 cm³/mol. The van der Waals surface area contributed by atoms with E-state index in [1.54, 1.807) is 17.0 Å². The Hall–Kier alpha value is -3.73. The third-order valence-corrected chi connectivity index (χ3v) is 5.73. The molecular formula is C26H22FN3O. The number of nitrogens with zero attached hydrogens (tertiary/aromatic N) is 3. The van der Waals surface area contributed by atoms with Crippen LogP contribution in [0.25, 0.3) is 21.9 Å². The number of halogens is 1. The number of aromatic nitrogens is 3. The molecule has 5 heteroatoms. The molecule has 0 aliphatic carbocycles. The van der Waals surface area contributed by atoms with Crippen molar-refractivity contribution < 1.29 is 4.39 Å². The molecular weight excluding hydrogens is 389 g/mol. The first kappa shape index (κ1) is 19.2. The van der Waals surface area contributed by atoms with Gasteiger partial charge in [-0.15, -0.1) is 0 Å². The van der Waals surface area contributed by atoms with Crippen molar-refractivity contribution in [2.24, 2.45) is 0 Å². The summed E-state index contributed by atoms with van der Waals surface area (Å²) in [6.45, 7) is 3.10. The molecule has 0 N–H and O–H groups in total. The van der Waals surface area contributed by atoms with Crippen molar-refractivity contribution in [3.8, 4) is 0 Å². The van der Waals surface area contributed by atoms with Crippen LogP contribution in [-0.4, -0.2) is 14.1 Å². The van der Waals surface area contributed by atoms with Gasteiger partial charge in [0.05, 0.1) is 11.8 Å². The zero-order valence-corrected chi connectivity index (χ0v) is 17.3. The summed E-state index contributed by atoms with van der Waals surface area (Å²) in [6.07, 6.45) is 2.31. The van der Waals surface area contributed by atoms with E-state index >= 15 is 0 Å². The number of benzene rings is 3. The van der Waals surface area contributed by atoms with E-state index in [1.165, 1.54) is 17.7 Å². The van der Waals surface area contributed by atoms with Crippen molar-refractivity contribution in [3.63, 3.8) is 0 Å². The van der Waals surface area contributed by atoms with Crippen molar-refractivity contribution in [2.45, 2.75) is 26.4 Å². The van der Waals surface area contributed by atoms with Gasteiger partial charge in [0.2, 0.25) is 0 Å². The van der Waals surface area contributed by atoms with E-state index in [2.05, 4.69) is 29.2 Å². The third kappa shape index (κ3) is 3.63. The normalized spacial score (nSPS) is 11.4. The van der Waals surface area contributed by atoms with Gasteiger partial charge in [0, 0.05) is 18.5 Å². The molecule has 0 aliphatic rings. The highest BCUT2D eigenvalue weighted by molar-refractivity contribution is 6.05. The molecule has 0 aliphatic heterocycles. The second-order valence-electron chi connectivity index (χ2n) is 7.91. The first-order valence-corrected chi connectivity index (χ1v) is 10.4. The van der Waals surface area contributed by atoms with Crippen LogP contribution in [0.4, 0.5) is 4.39 Å². The monoisotopic (exact) mass is 411 g/mol. The Balaban J connectivity index is 1.64. The molecule has 5 aromatic rings. The molecule has 0 fully saturated rings. The van der Waals surface area contributed by atoms with Gasteiger partial charge in [-0.2, -0.15) is 0 Å². The molecule has 0 bridgehead atoms. The Labute approximate surface area is 179 Å². The number of rotatable bonds is 5. The molecule has 0 unspecified atom stereocenters. The molecule has 4 nitrogen and oxygen atoms in total. The van der Waals surface area contributed by atoms with E-state index in [4.69, 9.17) is 0 Å². The second-order valence-corrected chi connectivity index (χ2v) is 7.91. The molecule has 0 saturated heterocycles. The van der Waals surface area contributed by atoms with Crippen LogP contribution in [0.5, 0.6) is 0 Å². The van der Waals surface area contributed by atoms with Crippen LogP contribution in [0.3, 0.4) is 0 Å². The quantitative estimate of drug-likeness (QED) is 0.404. The van der Waals surface area contributed by atoms with Crippen molar-refractivity contribution >= 4 is 21.9 Å². The Morgan fingerprint density at radius 3 is 2.48 bits per heavy atom. The van der Waals surface area contributed by atoms with Gasteiger partial charge in [-0.3, -0.25) is 9.36 Å². The van der Waals surface area contributed by atoms with Crippen molar-refractivity contribution in [3.05, 3.63) is 112 Å². The van der Waals surface area contributed by atoms with Gasteiger partial charge in [-0.25, -0.2) is 9.37 Å². The zero-order chi connectivity index (χ0) is 21.4. The summed E-state index contributed by atoms with van der Waals surface area (Å²) < 4.78 is 17.6. The Kier molecular flexibility index (Phi) is 4.86. The predicted octanol–water partition coefficient (Wildman–Crippen LogP) is 5.09. The van der Waals surface area contributed by atoms with E-state index in [1.807, 2.05) is 41.8 Å². The number of hydrogen-bond donors (Lipinski definition) is 0. The molecule has 0 atom stereocenters. The standard InChI is InChI=1S/C26H22FN3O/c1-18-7-9-20(10-8-18)16-30-23-12-11-21(27)15-22(23)24-25(30)26(31)29(17-28-24)14-13-19-5-3-2-4-6-19/h2-12,15,17H,13-14,16H2,1H3. The van der Waals surface area contributed by atoms with Crippen LogP contribution in [0.2, 0.25) is 0 Å². The summed E-state index contributed by atoms with van der Waals surface area (Å²) in [4.78, 5) is 18.1. The molecule has 154 valence electrons. The molecule has 0 radical (unpaired) electrons. The lowest BCUT2D eigenvalue weighted by Crippen LogP contribution is -2.23. The molecule has 0 amide bonds. The van der Waals surface area contributed by atoms with Gasteiger partial charge >= 0.3 is 0 Å². The van der Waals surface area contributed by atoms with Crippen LogP contribution < -0.4 is 5.56 Å². The molecule has 31 heavy (non-hydrogen) atoms. The average Bonchev–Trinajstić information content (AvgIpc) is 3.09. The molecule has 5 rings (SSSR count). The van der Waals surface area contributed by atoms with Crippen molar-refractivity contribution in [1.82, 2.24) is 14.1 Å². The van der Waals surface area contributed by atoms with E-state index < -0.39 is 0 Å². The van der Waals surface area contributed by atoms with Gasteiger partial charge in [0.1, 0.15) is 16.9 Å². The minimum absolute atomic E-state index is 0.107. The molecule has 3 aromatic carbocycles. The molecule has 2 aromatic heterocycles. The maximum Gasteiger partial charge on any atom is 0.277 e. The van der Waals surface area contributed by atoms with Crippen molar-refractivity contribution in [2.75, 3.05) is 0 Å². The maximum atomic E-state index is 14.0. The summed E-state index contributed by atoms with van der Waals surface area (Å²) in [6, 6.07) is 22.9. The van der Waals surface area contributed by atoms with E-state index in [-0.39, 0.29) is 11.4 Å². The third-order valence-electron chi connectivity index (χ3n) is 5.73. The van der Waals surface area contributed by atoms with Gasteiger partial charge < -0.3 is 4.57 Å². The van der Waals surface area contributed by atoms with Gasteiger partial charge in [-0.05, 0) is 42.7 Å². The minimum atomic E-state index is -0.336. The summed E-state index contributed by atoms with van der Waals surface area (Å²) in [7, 11) is 0. The fourth-order valence-corrected chi connectivity index (χ4v) is 4.07. The number of aryl methyl sites for hydroxylation is 3. The molecule has 0 spiro atoms. The van der Waals surface area contributed by atoms with E-state index in [0.717, 1.165) is 23.1 Å². The lowest BCUT2D eigenvalue weighted by molar-refractivity contribution is 0.629. The highest BCUT2D eigenvalue weighted by Gasteiger charge is 2.17. The SMILES string of the molecule is Cc1ccc(Cn2c3ccc(F)cc3c3ncn(CCc4ccccc4)c(=O)c32)cc1.